The predicted molar refractivity (Wildman–Crippen MR) is 82.7 cm³/mol. The summed E-state index contributed by atoms with van der Waals surface area (Å²) in [5.41, 5.74) is 6.95. The molecule has 2 heterocycles. The van der Waals surface area contributed by atoms with Gasteiger partial charge in [-0.2, -0.15) is 0 Å². The number of likely N-dealkylation sites (tertiary alicyclic amines) is 1. The molecule has 1 amide bonds. The van der Waals surface area contributed by atoms with Crippen LogP contribution in [0.2, 0.25) is 0 Å². The van der Waals surface area contributed by atoms with Crippen LogP contribution in [-0.2, 0) is 0 Å². The summed E-state index contributed by atoms with van der Waals surface area (Å²) >= 11 is 4.91. The van der Waals surface area contributed by atoms with Crippen LogP contribution in [0.4, 0.5) is 0 Å². The predicted octanol–water partition coefficient (Wildman–Crippen LogP) is 0.870. The van der Waals surface area contributed by atoms with Gasteiger partial charge in [-0.05, 0) is 31.4 Å². The highest BCUT2D eigenvalue weighted by molar-refractivity contribution is 7.80. The Labute approximate surface area is 124 Å². The molecule has 0 radical (unpaired) electrons. The first kappa shape index (κ1) is 14.9. The molecule has 1 fully saturated rings. The highest BCUT2D eigenvalue weighted by atomic mass is 32.1. The summed E-state index contributed by atoms with van der Waals surface area (Å²) in [6, 6.07) is 3.93. The van der Waals surface area contributed by atoms with Crippen LogP contribution in [0.25, 0.3) is 0 Å². The molecule has 0 saturated carbocycles. The highest BCUT2D eigenvalue weighted by Gasteiger charge is 2.22. The van der Waals surface area contributed by atoms with Crippen molar-refractivity contribution in [2.24, 2.45) is 5.73 Å². The minimum atomic E-state index is -0.0871. The maximum atomic E-state index is 12.2. The number of aromatic nitrogens is 1. The minimum absolute atomic E-state index is 0.0871. The Morgan fingerprint density at radius 1 is 1.55 bits per heavy atom. The number of thiocarbonyl (C=S) groups is 1. The molecule has 6 heteroatoms. The van der Waals surface area contributed by atoms with E-state index in [2.05, 4.69) is 15.2 Å². The maximum absolute atomic E-state index is 12.2. The lowest BCUT2D eigenvalue weighted by Crippen LogP contribution is -2.46. The first-order chi connectivity index (χ1) is 9.56. The van der Waals surface area contributed by atoms with E-state index >= 15 is 0 Å². The Morgan fingerprint density at radius 2 is 2.25 bits per heavy atom. The number of carbonyl (C=O) groups is 1. The van der Waals surface area contributed by atoms with Crippen LogP contribution in [0.1, 0.15) is 28.9 Å². The molecule has 1 aliphatic rings. The lowest BCUT2D eigenvalue weighted by atomic mass is 10.0. The fraction of sp³-hybridized carbons (Fsp3) is 0.500. The van der Waals surface area contributed by atoms with Crippen LogP contribution in [0.3, 0.4) is 0 Å². The molecule has 1 aromatic rings. The Bertz CT molecular complexity index is 498. The molecule has 1 saturated heterocycles. The molecular formula is C14H20N4OS. The molecule has 3 N–H and O–H groups in total. The van der Waals surface area contributed by atoms with Crippen molar-refractivity contribution < 1.29 is 4.79 Å². The third kappa shape index (κ3) is 3.98. The van der Waals surface area contributed by atoms with E-state index in [1.165, 1.54) is 0 Å². The number of carbonyl (C=O) groups excluding carboxylic acids is 1. The molecule has 1 aliphatic heterocycles. The number of amides is 1. The van der Waals surface area contributed by atoms with E-state index in [0.717, 1.165) is 31.5 Å². The van der Waals surface area contributed by atoms with Gasteiger partial charge in [-0.15, -0.1) is 0 Å². The smallest absolute Gasteiger partial charge is 0.270 e. The first-order valence-corrected chi connectivity index (χ1v) is 7.20. The summed E-state index contributed by atoms with van der Waals surface area (Å²) in [5.74, 6) is -0.0871. The van der Waals surface area contributed by atoms with Gasteiger partial charge in [0, 0.05) is 31.9 Å². The summed E-state index contributed by atoms with van der Waals surface area (Å²) in [4.78, 5) is 19.1. The molecule has 20 heavy (non-hydrogen) atoms. The number of hydrogen-bond acceptors (Lipinski definition) is 4. The average Bonchev–Trinajstić information content (AvgIpc) is 2.41. The average molecular weight is 292 g/mol. The quantitative estimate of drug-likeness (QED) is 0.806. The van der Waals surface area contributed by atoms with Crippen molar-refractivity contribution >= 4 is 23.1 Å². The zero-order valence-corrected chi connectivity index (χ0v) is 12.4. The normalized spacial score (nSPS) is 16.9. The number of hydrogen-bond donors (Lipinski definition) is 2. The van der Waals surface area contributed by atoms with Gasteiger partial charge in [0.15, 0.2) is 0 Å². The largest absolute Gasteiger partial charge is 0.392 e. The molecule has 0 unspecified atom stereocenters. The van der Waals surface area contributed by atoms with Crippen LogP contribution in [0.5, 0.6) is 0 Å². The second-order valence-corrected chi connectivity index (χ2v) is 5.68. The molecule has 2 rings (SSSR count). The number of nitrogens with one attached hydrogen (secondary N) is 1. The summed E-state index contributed by atoms with van der Waals surface area (Å²) in [5, 5.41) is 3.06. The second-order valence-electron chi connectivity index (χ2n) is 5.16. The lowest BCUT2D eigenvalue weighted by molar-refractivity contribution is 0.0909. The van der Waals surface area contributed by atoms with Gasteiger partial charge in [0.05, 0.1) is 4.99 Å². The van der Waals surface area contributed by atoms with Crippen molar-refractivity contribution in [3.05, 3.63) is 29.6 Å². The van der Waals surface area contributed by atoms with Crippen molar-refractivity contribution in [2.45, 2.75) is 25.8 Å². The monoisotopic (exact) mass is 292 g/mol. The Kier molecular flexibility index (Phi) is 5.03. The van der Waals surface area contributed by atoms with Gasteiger partial charge in [-0.1, -0.05) is 18.3 Å². The molecule has 0 aromatic carbocycles. The third-order valence-electron chi connectivity index (χ3n) is 3.53. The zero-order chi connectivity index (χ0) is 14.5. The van der Waals surface area contributed by atoms with Crippen molar-refractivity contribution in [1.29, 1.82) is 0 Å². The molecular weight excluding hydrogens is 272 g/mol. The Morgan fingerprint density at radius 3 is 2.85 bits per heavy atom. The van der Waals surface area contributed by atoms with Gasteiger partial charge in [-0.3, -0.25) is 14.7 Å². The van der Waals surface area contributed by atoms with Crippen LogP contribution in [-0.4, -0.2) is 46.5 Å². The van der Waals surface area contributed by atoms with Crippen molar-refractivity contribution in [3.8, 4) is 0 Å². The van der Waals surface area contributed by atoms with E-state index in [0.29, 0.717) is 17.2 Å². The standard InChI is InChI=1S/C14H20N4OS/c1-10-3-2-6-16-13(10)14(19)17-11-4-7-18(8-5-11)9-12(15)20/h2-3,6,11H,4-5,7-9H2,1H3,(H2,15,20)(H,17,19). The van der Waals surface area contributed by atoms with E-state index in [1.54, 1.807) is 6.20 Å². The number of nitrogens with two attached hydrogens (primary N) is 1. The van der Waals surface area contributed by atoms with Crippen LogP contribution in [0, 0.1) is 6.92 Å². The maximum Gasteiger partial charge on any atom is 0.270 e. The second kappa shape index (κ2) is 6.76. The SMILES string of the molecule is Cc1cccnc1C(=O)NC1CCN(CC(N)=S)CC1. The van der Waals surface area contributed by atoms with Gasteiger partial charge in [0.25, 0.3) is 5.91 Å². The van der Waals surface area contributed by atoms with E-state index in [9.17, 15) is 4.79 Å². The molecule has 0 aliphatic carbocycles. The molecule has 1 aromatic heterocycles. The first-order valence-electron chi connectivity index (χ1n) is 6.79. The Hall–Kier alpha value is -1.53. The van der Waals surface area contributed by atoms with Gasteiger partial charge < -0.3 is 11.1 Å². The molecule has 108 valence electrons. The van der Waals surface area contributed by atoms with Crippen molar-refractivity contribution in [2.75, 3.05) is 19.6 Å². The zero-order valence-electron chi connectivity index (χ0n) is 11.6. The number of rotatable bonds is 4. The lowest BCUT2D eigenvalue weighted by Gasteiger charge is -2.31. The number of piperidine rings is 1. The summed E-state index contributed by atoms with van der Waals surface area (Å²) in [6.45, 7) is 4.37. The van der Waals surface area contributed by atoms with Crippen molar-refractivity contribution in [1.82, 2.24) is 15.2 Å². The van der Waals surface area contributed by atoms with Gasteiger partial charge in [0.1, 0.15) is 5.69 Å². The minimum Gasteiger partial charge on any atom is -0.392 e. The van der Waals surface area contributed by atoms with E-state index in [-0.39, 0.29) is 11.9 Å². The van der Waals surface area contributed by atoms with E-state index < -0.39 is 0 Å². The van der Waals surface area contributed by atoms with Crippen LogP contribution in [0.15, 0.2) is 18.3 Å². The van der Waals surface area contributed by atoms with Crippen LogP contribution < -0.4 is 11.1 Å². The summed E-state index contributed by atoms with van der Waals surface area (Å²) in [6.07, 6.45) is 3.48. The van der Waals surface area contributed by atoms with Crippen molar-refractivity contribution in [3.63, 3.8) is 0 Å². The fourth-order valence-electron chi connectivity index (χ4n) is 2.43. The number of pyridine rings is 1. The molecule has 5 nitrogen and oxygen atoms in total. The van der Waals surface area contributed by atoms with Gasteiger partial charge in [0.2, 0.25) is 0 Å². The number of aryl methyl sites for hydroxylation is 1. The third-order valence-corrected chi connectivity index (χ3v) is 3.66. The fourth-order valence-corrected chi connectivity index (χ4v) is 2.62. The van der Waals surface area contributed by atoms with Crippen LogP contribution >= 0.6 is 12.2 Å². The van der Waals surface area contributed by atoms with E-state index in [4.69, 9.17) is 18.0 Å². The summed E-state index contributed by atoms with van der Waals surface area (Å²) in [7, 11) is 0. The van der Waals surface area contributed by atoms with E-state index in [1.807, 2.05) is 19.1 Å². The number of nitrogens with zero attached hydrogens (tertiary/aromatic N) is 2. The molecule has 0 bridgehead atoms. The molecule has 0 atom stereocenters. The van der Waals surface area contributed by atoms with Gasteiger partial charge >= 0.3 is 0 Å². The Balaban J connectivity index is 1.85. The molecule has 0 spiro atoms. The highest BCUT2D eigenvalue weighted by Crippen LogP contribution is 2.11. The summed E-state index contributed by atoms with van der Waals surface area (Å²) < 4.78 is 0. The van der Waals surface area contributed by atoms with Gasteiger partial charge in [-0.25, -0.2) is 0 Å². The topological polar surface area (TPSA) is 71.2 Å².